The summed E-state index contributed by atoms with van der Waals surface area (Å²) in [5, 5.41) is 15.2. The van der Waals surface area contributed by atoms with Gasteiger partial charge in [-0.15, -0.1) is 11.8 Å². The zero-order valence-corrected chi connectivity index (χ0v) is 45.0. The van der Waals surface area contributed by atoms with Crippen LogP contribution in [0.4, 0.5) is 13.6 Å². The Morgan fingerprint density at radius 3 is 2.08 bits per heavy atom. The second kappa shape index (κ2) is 29.4. The van der Waals surface area contributed by atoms with E-state index >= 15 is 4.39 Å². The molecule has 76 heavy (non-hydrogen) atoms. The number of hydrogen-bond acceptors (Lipinski definition) is 13. The molecule has 2 aliphatic heterocycles. The van der Waals surface area contributed by atoms with Crippen molar-refractivity contribution in [2.45, 2.75) is 78.6 Å². The molecule has 6 amide bonds. The molecule has 1 fully saturated rings. The Kier molecular flexibility index (Phi) is 23.4. The quantitative estimate of drug-likeness (QED) is 0.0558. The number of carboxylic acids is 1. The number of aromatic nitrogens is 1. The van der Waals surface area contributed by atoms with Crippen LogP contribution in [0.5, 0.6) is 0 Å². The summed E-state index contributed by atoms with van der Waals surface area (Å²) in [5.74, 6) is -5.36. The molecule has 5 rings (SSSR count). The Morgan fingerprint density at radius 2 is 1.46 bits per heavy atom. The Hall–Kier alpha value is -6.20. The minimum Gasteiger partial charge on any atom is -0.480 e. The van der Waals surface area contributed by atoms with Gasteiger partial charge in [0.05, 0.1) is 64.6 Å². The van der Waals surface area contributed by atoms with E-state index in [2.05, 4.69) is 10.6 Å². The number of nitrogens with one attached hydrogen (secondary N) is 2. The van der Waals surface area contributed by atoms with Gasteiger partial charge in [-0.05, 0) is 68.4 Å². The maximum atomic E-state index is 15.4. The zero-order chi connectivity index (χ0) is 55.4. The van der Waals surface area contributed by atoms with Crippen LogP contribution in [0.15, 0.2) is 72.9 Å². The molecule has 2 aromatic carbocycles. The lowest BCUT2D eigenvalue weighted by Crippen LogP contribution is -2.46. The number of halogens is 2. The van der Waals surface area contributed by atoms with Crippen LogP contribution in [0.25, 0.3) is 11.1 Å². The molecule has 22 heteroatoms. The molecule has 19 nitrogen and oxygen atoms in total. The number of amides is 6. The van der Waals surface area contributed by atoms with Crippen LogP contribution in [0.1, 0.15) is 71.7 Å². The van der Waals surface area contributed by atoms with Crippen LogP contribution in [0.3, 0.4) is 0 Å². The average molecular weight is 1080 g/mol. The topological polar surface area (TPSA) is 225 Å². The van der Waals surface area contributed by atoms with Gasteiger partial charge in [0.25, 0.3) is 11.8 Å². The predicted octanol–water partition coefficient (Wildman–Crippen LogP) is 5.45. The first-order valence-corrected chi connectivity index (χ1v) is 26.4. The van der Waals surface area contributed by atoms with E-state index in [-0.39, 0.29) is 108 Å². The normalized spacial score (nSPS) is 15.5. The van der Waals surface area contributed by atoms with Crippen LogP contribution in [0.2, 0.25) is 0 Å². The number of thioether (sulfide) groups is 1. The Balaban J connectivity index is 1.12. The molecule has 0 saturated carbocycles. The van der Waals surface area contributed by atoms with Crippen molar-refractivity contribution in [3.05, 3.63) is 95.8 Å². The molecular weight excluding hydrogens is 1010 g/mol. The zero-order valence-electron chi connectivity index (χ0n) is 44.2. The molecule has 2 aliphatic rings. The van der Waals surface area contributed by atoms with Crippen molar-refractivity contribution in [1.82, 2.24) is 29.9 Å². The molecule has 1 aromatic heterocycles. The standard InChI is InChI=1S/C54H72F2N6O13S/c1-53(2,3)50(44-28-39(41-29-40(55)12-13-42(41)56)33-60(44)30-37-10-8-7-9-11-37)62(32-38-16-19-59(31-38)52(70)75-54(4,5)6)49(67)36-76-35-43(51(68)69)58-45(63)17-20-71-22-24-73-26-27-74-25-23-72-21-18-57-46(64)34-61-47(65)14-15-48(61)66/h7-15,28-29,33,38,43,50H,16-27,30-32,34-36H2,1-6H3,(H,57,64)(H,58,63)(H,68,69)/t38-,43-,50-/m0/s1. The van der Waals surface area contributed by atoms with Crippen molar-refractivity contribution in [2.24, 2.45) is 11.3 Å². The van der Waals surface area contributed by atoms with E-state index < -0.39 is 70.4 Å². The van der Waals surface area contributed by atoms with Crippen molar-refractivity contribution >= 4 is 53.4 Å². The van der Waals surface area contributed by atoms with Crippen molar-refractivity contribution < 1.29 is 71.1 Å². The van der Waals surface area contributed by atoms with E-state index in [0.29, 0.717) is 37.3 Å². The third-order valence-electron chi connectivity index (χ3n) is 12.0. The second-order valence-electron chi connectivity index (χ2n) is 20.4. The van der Waals surface area contributed by atoms with E-state index in [4.69, 9.17) is 23.7 Å². The molecule has 0 unspecified atom stereocenters. The van der Waals surface area contributed by atoms with Crippen LogP contribution in [-0.2, 0) is 59.0 Å². The van der Waals surface area contributed by atoms with Crippen LogP contribution < -0.4 is 10.6 Å². The van der Waals surface area contributed by atoms with Gasteiger partial charge in [0.15, 0.2) is 0 Å². The molecule has 3 aromatic rings. The highest BCUT2D eigenvalue weighted by molar-refractivity contribution is 8.00. The molecule has 416 valence electrons. The average Bonchev–Trinajstić information content (AvgIpc) is 4.08. The maximum absolute atomic E-state index is 15.4. The first-order chi connectivity index (χ1) is 36.1. The van der Waals surface area contributed by atoms with Crippen LogP contribution in [0, 0.1) is 23.0 Å². The highest BCUT2D eigenvalue weighted by atomic mass is 32.2. The van der Waals surface area contributed by atoms with Gasteiger partial charge < -0.3 is 53.8 Å². The Bertz CT molecular complexity index is 2460. The fraction of sp³-hybridized carbons (Fsp3) is 0.537. The van der Waals surface area contributed by atoms with Crippen LogP contribution in [-0.4, -0.2) is 175 Å². The Morgan fingerprint density at radius 1 is 0.829 bits per heavy atom. The highest BCUT2D eigenvalue weighted by Crippen LogP contribution is 2.42. The minimum absolute atomic E-state index is 0.00239. The summed E-state index contributed by atoms with van der Waals surface area (Å²) in [6, 6.07) is 12.7. The monoisotopic (exact) mass is 1080 g/mol. The number of imide groups is 1. The summed E-state index contributed by atoms with van der Waals surface area (Å²) >= 11 is 1.06. The minimum atomic E-state index is -1.32. The van der Waals surface area contributed by atoms with Gasteiger partial charge in [0.2, 0.25) is 17.7 Å². The lowest BCUT2D eigenvalue weighted by molar-refractivity contribution is -0.141. The van der Waals surface area contributed by atoms with Gasteiger partial charge in [0, 0.05) is 80.1 Å². The molecule has 1 saturated heterocycles. The number of hydrogen-bond donors (Lipinski definition) is 3. The van der Waals surface area contributed by atoms with Gasteiger partial charge >= 0.3 is 12.1 Å². The van der Waals surface area contributed by atoms with Gasteiger partial charge in [0.1, 0.15) is 29.8 Å². The van der Waals surface area contributed by atoms with E-state index in [9.17, 15) is 43.1 Å². The maximum Gasteiger partial charge on any atom is 0.410 e. The summed E-state index contributed by atoms with van der Waals surface area (Å²) in [4.78, 5) is 92.5. The number of carbonyl (C=O) groups excluding carboxylic acids is 6. The molecule has 3 atom stereocenters. The molecule has 0 spiro atoms. The number of carboxylic acid groups (broad SMARTS) is 1. The first-order valence-electron chi connectivity index (χ1n) is 25.3. The number of carbonyl (C=O) groups is 7. The number of ether oxygens (including phenoxy) is 5. The van der Waals surface area contributed by atoms with Crippen molar-refractivity contribution in [3.63, 3.8) is 0 Å². The van der Waals surface area contributed by atoms with Gasteiger partial charge in [-0.3, -0.25) is 28.9 Å². The molecular formula is C54H72F2N6O13S. The lowest BCUT2D eigenvalue weighted by Gasteiger charge is -2.42. The molecule has 0 bridgehead atoms. The largest absolute Gasteiger partial charge is 0.480 e. The number of rotatable bonds is 30. The summed E-state index contributed by atoms with van der Waals surface area (Å²) in [6.07, 6.45) is 3.98. The van der Waals surface area contributed by atoms with Gasteiger partial charge in [-0.25, -0.2) is 18.4 Å². The SMILES string of the molecule is CC(C)(C)OC(=O)N1CC[C@H](CN(C(=O)CSC[C@H](NC(=O)CCOCCOCCOCCOCCNC(=O)CN2C(=O)C=CC2=O)C(=O)O)[C@@H](c2cc(-c3cc(F)ccc3F)cn2Cc2ccccc2)C(C)(C)C)C1. The predicted molar refractivity (Wildman–Crippen MR) is 279 cm³/mol. The van der Waals surface area contributed by atoms with E-state index in [1.54, 1.807) is 42.8 Å². The lowest BCUT2D eigenvalue weighted by atomic mass is 9.82. The summed E-state index contributed by atoms with van der Waals surface area (Å²) in [6.45, 7) is 14.2. The van der Waals surface area contributed by atoms with E-state index in [1.807, 2.05) is 55.7 Å². The van der Waals surface area contributed by atoms with Gasteiger partial charge in [-0.1, -0.05) is 51.1 Å². The number of aliphatic carboxylic acids is 1. The van der Waals surface area contributed by atoms with Crippen molar-refractivity contribution in [1.29, 1.82) is 0 Å². The second-order valence-corrected chi connectivity index (χ2v) is 21.4. The van der Waals surface area contributed by atoms with Crippen LogP contribution >= 0.6 is 11.8 Å². The third kappa shape index (κ3) is 19.7. The third-order valence-corrected chi connectivity index (χ3v) is 13.0. The Labute approximate surface area is 446 Å². The number of likely N-dealkylation sites (tertiary alicyclic amines) is 1. The van der Waals surface area contributed by atoms with E-state index in [0.717, 1.165) is 52.6 Å². The summed E-state index contributed by atoms with van der Waals surface area (Å²) in [7, 11) is 0. The number of nitrogens with zero attached hydrogens (tertiary/aromatic N) is 4. The van der Waals surface area contributed by atoms with E-state index in [1.165, 1.54) is 0 Å². The molecule has 0 radical (unpaired) electrons. The van der Waals surface area contributed by atoms with Gasteiger partial charge in [-0.2, -0.15) is 0 Å². The van der Waals surface area contributed by atoms with Crippen molar-refractivity contribution in [3.8, 4) is 11.1 Å². The molecule has 3 N–H and O–H groups in total. The van der Waals surface area contributed by atoms with Crippen molar-refractivity contribution in [2.75, 3.05) is 97.1 Å². The molecule has 3 heterocycles. The first kappa shape index (κ1) is 60.7. The summed E-state index contributed by atoms with van der Waals surface area (Å²) < 4.78 is 59.5. The fourth-order valence-electron chi connectivity index (χ4n) is 8.48. The summed E-state index contributed by atoms with van der Waals surface area (Å²) in [5.41, 5.74) is 0.725. The molecule has 0 aliphatic carbocycles. The smallest absolute Gasteiger partial charge is 0.410 e. The number of benzene rings is 2. The fourth-order valence-corrected chi connectivity index (χ4v) is 9.40. The highest BCUT2D eigenvalue weighted by Gasteiger charge is 2.40.